The van der Waals surface area contributed by atoms with E-state index < -0.39 is 11.6 Å². The van der Waals surface area contributed by atoms with Crippen LogP contribution < -0.4 is 10.6 Å². The van der Waals surface area contributed by atoms with Gasteiger partial charge in [0.25, 0.3) is 11.8 Å². The van der Waals surface area contributed by atoms with Crippen molar-refractivity contribution in [1.29, 1.82) is 0 Å². The molecule has 0 radical (unpaired) electrons. The lowest BCUT2D eigenvalue weighted by Gasteiger charge is -2.22. The van der Waals surface area contributed by atoms with Crippen molar-refractivity contribution >= 4 is 34.8 Å². The van der Waals surface area contributed by atoms with Gasteiger partial charge in [0.2, 0.25) is 0 Å². The van der Waals surface area contributed by atoms with Crippen LogP contribution in [0.2, 0.25) is 0 Å². The fourth-order valence-electron chi connectivity index (χ4n) is 4.88. The van der Waals surface area contributed by atoms with E-state index in [1.54, 1.807) is 60.7 Å². The highest BCUT2D eigenvalue weighted by Gasteiger charge is 2.34. The Morgan fingerprint density at radius 3 is 1.20 bits per heavy atom. The summed E-state index contributed by atoms with van der Waals surface area (Å²) in [5.74, 6) is -0.872. The molecule has 0 spiro atoms. The SMILES string of the molecule is CC(C)c1ccc(C(=O)Nc2cccc3c2C(=O)c2cccc(NC(=O)c4ccc(C(C)C)cc4)c2C3=O)cc1. The summed E-state index contributed by atoms with van der Waals surface area (Å²) in [6.45, 7) is 8.30. The van der Waals surface area contributed by atoms with Gasteiger partial charge in [0, 0.05) is 22.3 Å². The number of carbonyl (C=O) groups is 4. The second-order valence-electron chi connectivity index (χ2n) is 10.6. The maximum Gasteiger partial charge on any atom is 0.255 e. The average molecular weight is 531 g/mol. The largest absolute Gasteiger partial charge is 0.321 e. The Hall–Kier alpha value is -4.84. The first-order valence-electron chi connectivity index (χ1n) is 13.3. The van der Waals surface area contributed by atoms with Crippen molar-refractivity contribution in [3.05, 3.63) is 129 Å². The standard InChI is InChI=1S/C34H30N2O4/c1-19(2)21-11-15-23(16-12-21)33(39)35-27-9-5-7-25-29(27)31(37)26-8-6-10-28(30(26)32(25)38)36-34(40)24-17-13-22(14-18-24)20(3)4/h5-20H,1-4H3,(H,35,39)(H,36,40). The van der Waals surface area contributed by atoms with Crippen molar-refractivity contribution in [3.63, 3.8) is 0 Å². The van der Waals surface area contributed by atoms with E-state index in [0.717, 1.165) is 11.1 Å². The number of carbonyl (C=O) groups excluding carboxylic acids is 4. The molecule has 5 rings (SSSR count). The molecule has 0 aliphatic heterocycles. The zero-order chi connectivity index (χ0) is 28.6. The third kappa shape index (κ3) is 4.96. The maximum absolute atomic E-state index is 13.7. The Kier molecular flexibility index (Phi) is 7.18. The van der Waals surface area contributed by atoms with Crippen LogP contribution >= 0.6 is 0 Å². The smallest absolute Gasteiger partial charge is 0.255 e. The van der Waals surface area contributed by atoms with E-state index in [-0.39, 0.29) is 45.4 Å². The summed E-state index contributed by atoms with van der Waals surface area (Å²) in [6.07, 6.45) is 0. The van der Waals surface area contributed by atoms with Crippen molar-refractivity contribution in [2.24, 2.45) is 0 Å². The van der Waals surface area contributed by atoms with E-state index in [4.69, 9.17) is 0 Å². The number of rotatable bonds is 6. The molecular weight excluding hydrogens is 500 g/mol. The van der Waals surface area contributed by atoms with E-state index in [2.05, 4.69) is 38.3 Å². The molecule has 1 aliphatic carbocycles. The number of ketones is 2. The maximum atomic E-state index is 13.7. The monoisotopic (exact) mass is 530 g/mol. The van der Waals surface area contributed by atoms with Crippen molar-refractivity contribution in [1.82, 2.24) is 0 Å². The number of benzene rings is 4. The van der Waals surface area contributed by atoms with E-state index in [9.17, 15) is 19.2 Å². The van der Waals surface area contributed by atoms with Gasteiger partial charge in [0.05, 0.1) is 22.5 Å². The van der Waals surface area contributed by atoms with Gasteiger partial charge in [-0.25, -0.2) is 0 Å². The van der Waals surface area contributed by atoms with Crippen molar-refractivity contribution in [2.45, 2.75) is 39.5 Å². The topological polar surface area (TPSA) is 92.3 Å². The molecule has 0 unspecified atom stereocenters. The van der Waals surface area contributed by atoms with Crippen LogP contribution in [0.4, 0.5) is 11.4 Å². The molecule has 0 saturated heterocycles. The molecule has 6 nitrogen and oxygen atoms in total. The second-order valence-corrected chi connectivity index (χ2v) is 10.6. The van der Waals surface area contributed by atoms with Gasteiger partial charge in [-0.2, -0.15) is 0 Å². The summed E-state index contributed by atoms with van der Waals surface area (Å²) in [4.78, 5) is 53.5. The molecule has 0 bridgehead atoms. The lowest BCUT2D eigenvalue weighted by Crippen LogP contribution is -2.26. The number of nitrogens with one attached hydrogen (secondary N) is 2. The molecule has 4 aromatic rings. The normalized spacial score (nSPS) is 12.2. The molecule has 6 heteroatoms. The van der Waals surface area contributed by atoms with Crippen LogP contribution in [0.15, 0.2) is 84.9 Å². The summed E-state index contributed by atoms with van der Waals surface area (Å²) in [5.41, 5.74) is 4.27. The first-order valence-corrected chi connectivity index (χ1v) is 13.3. The Labute approximate surface area is 233 Å². The highest BCUT2D eigenvalue weighted by Crippen LogP contribution is 2.36. The Balaban J connectivity index is 1.44. The molecule has 0 heterocycles. The van der Waals surface area contributed by atoms with Gasteiger partial charge in [-0.15, -0.1) is 0 Å². The highest BCUT2D eigenvalue weighted by molar-refractivity contribution is 6.32. The number of amides is 2. The van der Waals surface area contributed by atoms with Crippen LogP contribution in [0, 0.1) is 0 Å². The Morgan fingerprint density at radius 2 is 0.875 bits per heavy atom. The van der Waals surface area contributed by atoms with Crippen LogP contribution in [0.3, 0.4) is 0 Å². The summed E-state index contributed by atoms with van der Waals surface area (Å²) in [6, 6.07) is 24.2. The lowest BCUT2D eigenvalue weighted by molar-refractivity contribution is 0.0977. The fraction of sp³-hybridized carbons (Fsp3) is 0.176. The summed E-state index contributed by atoms with van der Waals surface area (Å²) in [5, 5.41) is 5.63. The predicted molar refractivity (Wildman–Crippen MR) is 157 cm³/mol. The molecule has 4 aromatic carbocycles. The van der Waals surface area contributed by atoms with Crippen LogP contribution in [0.5, 0.6) is 0 Å². The van der Waals surface area contributed by atoms with Gasteiger partial charge >= 0.3 is 0 Å². The van der Waals surface area contributed by atoms with Crippen molar-refractivity contribution < 1.29 is 19.2 Å². The van der Waals surface area contributed by atoms with Gasteiger partial charge in [-0.1, -0.05) is 76.2 Å². The zero-order valence-electron chi connectivity index (χ0n) is 22.9. The molecule has 0 atom stereocenters. The quantitative estimate of drug-likeness (QED) is 0.243. The van der Waals surface area contributed by atoms with Gasteiger partial charge in [0.1, 0.15) is 0 Å². The predicted octanol–water partition coefficient (Wildman–Crippen LogP) is 7.21. The minimum absolute atomic E-state index is 0.139. The minimum atomic E-state index is -0.395. The molecule has 0 saturated carbocycles. The van der Waals surface area contributed by atoms with Crippen LogP contribution in [0.25, 0.3) is 0 Å². The third-order valence-electron chi connectivity index (χ3n) is 7.25. The van der Waals surface area contributed by atoms with Gasteiger partial charge < -0.3 is 10.6 Å². The van der Waals surface area contributed by atoms with Gasteiger partial charge in [-0.3, -0.25) is 19.2 Å². The number of hydrogen-bond acceptors (Lipinski definition) is 4. The molecular formula is C34H30N2O4. The van der Waals surface area contributed by atoms with Gasteiger partial charge in [-0.05, 0) is 59.4 Å². The van der Waals surface area contributed by atoms with E-state index >= 15 is 0 Å². The summed E-state index contributed by atoms with van der Waals surface area (Å²) in [7, 11) is 0. The summed E-state index contributed by atoms with van der Waals surface area (Å²) < 4.78 is 0. The second kappa shape index (κ2) is 10.7. The zero-order valence-corrected chi connectivity index (χ0v) is 22.9. The molecule has 40 heavy (non-hydrogen) atoms. The molecule has 200 valence electrons. The first-order chi connectivity index (χ1) is 19.2. The highest BCUT2D eigenvalue weighted by atomic mass is 16.2. The van der Waals surface area contributed by atoms with Crippen molar-refractivity contribution in [3.8, 4) is 0 Å². The molecule has 0 aromatic heterocycles. The Morgan fingerprint density at radius 1 is 0.525 bits per heavy atom. The number of anilines is 2. The average Bonchev–Trinajstić information content (AvgIpc) is 2.95. The van der Waals surface area contributed by atoms with Crippen LogP contribution in [-0.2, 0) is 0 Å². The molecule has 0 fully saturated rings. The number of fused-ring (bicyclic) bond motifs is 2. The van der Waals surface area contributed by atoms with Crippen molar-refractivity contribution in [2.75, 3.05) is 10.6 Å². The van der Waals surface area contributed by atoms with Crippen LogP contribution in [-0.4, -0.2) is 23.4 Å². The van der Waals surface area contributed by atoms with E-state index in [1.165, 1.54) is 0 Å². The first kappa shape index (κ1) is 26.8. The summed E-state index contributed by atoms with van der Waals surface area (Å²) >= 11 is 0. The lowest BCUT2D eigenvalue weighted by atomic mass is 9.82. The van der Waals surface area contributed by atoms with E-state index in [1.807, 2.05) is 24.3 Å². The minimum Gasteiger partial charge on any atom is -0.321 e. The molecule has 1 aliphatic rings. The fourth-order valence-corrected chi connectivity index (χ4v) is 4.88. The van der Waals surface area contributed by atoms with Crippen LogP contribution in [0.1, 0.15) is 103 Å². The Bertz CT molecular complexity index is 1520. The third-order valence-corrected chi connectivity index (χ3v) is 7.25. The van der Waals surface area contributed by atoms with E-state index in [0.29, 0.717) is 23.0 Å². The number of hydrogen-bond donors (Lipinski definition) is 2. The molecule has 2 amide bonds. The molecule has 2 N–H and O–H groups in total. The van der Waals surface area contributed by atoms with Gasteiger partial charge in [0.15, 0.2) is 11.6 Å².